The molecule has 74 valence electrons. The lowest BCUT2D eigenvalue weighted by Crippen LogP contribution is -1.87. The number of hydrogen-bond acceptors (Lipinski definition) is 2. The molecule has 0 bridgehead atoms. The molecule has 1 aromatic carbocycles. The van der Waals surface area contributed by atoms with Crippen LogP contribution in [-0.4, -0.2) is 16.2 Å². The molecule has 0 radical (unpaired) electrons. The monoisotopic (exact) mass is 216 g/mol. The normalized spacial score (nSPS) is 10.7. The summed E-state index contributed by atoms with van der Waals surface area (Å²) in [5, 5.41) is 17.6. The van der Waals surface area contributed by atoms with E-state index in [-0.39, 0.29) is 10.6 Å². The Kier molecular flexibility index (Phi) is 3.09. The first kappa shape index (κ1) is 10.5. The molecule has 2 N–H and O–H groups in total. The highest BCUT2D eigenvalue weighted by atomic mass is 35.5. The van der Waals surface area contributed by atoms with Gasteiger partial charge in [-0.05, 0) is 18.2 Å². The highest BCUT2D eigenvalue weighted by Gasteiger charge is 2.06. The summed E-state index contributed by atoms with van der Waals surface area (Å²) in [6.45, 7) is 0. The van der Waals surface area contributed by atoms with Crippen molar-refractivity contribution >= 4 is 23.6 Å². The van der Waals surface area contributed by atoms with Gasteiger partial charge in [-0.3, -0.25) is 0 Å². The fourth-order valence-corrected chi connectivity index (χ4v) is 1.09. The van der Waals surface area contributed by atoms with Gasteiger partial charge in [0.2, 0.25) is 0 Å². The Morgan fingerprint density at radius 2 is 2.14 bits per heavy atom. The zero-order valence-electron chi connectivity index (χ0n) is 6.87. The standard InChI is InChI=1S/C9H6ClFO3/c10-6-3-5(1-2-8(12)13)9(14)7(11)4-6/h1-4,14H,(H,12,13). The third-order valence-corrected chi connectivity index (χ3v) is 1.68. The van der Waals surface area contributed by atoms with E-state index < -0.39 is 17.5 Å². The lowest BCUT2D eigenvalue weighted by molar-refractivity contribution is -0.131. The maximum absolute atomic E-state index is 12.8. The van der Waals surface area contributed by atoms with Gasteiger partial charge >= 0.3 is 5.97 Å². The molecule has 1 rings (SSSR count). The predicted molar refractivity (Wildman–Crippen MR) is 49.7 cm³/mol. The van der Waals surface area contributed by atoms with Crippen LogP contribution in [0.4, 0.5) is 4.39 Å². The molecule has 0 aliphatic heterocycles. The van der Waals surface area contributed by atoms with Gasteiger partial charge in [0.1, 0.15) is 0 Å². The van der Waals surface area contributed by atoms with Gasteiger partial charge in [0.05, 0.1) is 0 Å². The molecule has 1 aromatic rings. The molecule has 3 nitrogen and oxygen atoms in total. The van der Waals surface area contributed by atoms with Gasteiger partial charge in [-0.1, -0.05) is 11.6 Å². The van der Waals surface area contributed by atoms with E-state index in [2.05, 4.69) is 0 Å². The molecular formula is C9H6ClFO3. The first-order valence-electron chi connectivity index (χ1n) is 3.59. The number of carbonyl (C=O) groups is 1. The average molecular weight is 217 g/mol. The van der Waals surface area contributed by atoms with Crippen LogP contribution in [-0.2, 0) is 4.79 Å². The lowest BCUT2D eigenvalue weighted by Gasteiger charge is -2.00. The smallest absolute Gasteiger partial charge is 0.328 e. The van der Waals surface area contributed by atoms with Crippen molar-refractivity contribution in [2.24, 2.45) is 0 Å². The summed E-state index contributed by atoms with van der Waals surface area (Å²) in [6, 6.07) is 2.20. The molecule has 0 amide bonds. The maximum atomic E-state index is 12.8. The quantitative estimate of drug-likeness (QED) is 0.746. The van der Waals surface area contributed by atoms with Crippen LogP contribution in [0.3, 0.4) is 0 Å². The number of hydrogen-bond donors (Lipinski definition) is 2. The third kappa shape index (κ3) is 2.47. The van der Waals surface area contributed by atoms with Gasteiger partial charge in [0.15, 0.2) is 11.6 Å². The Morgan fingerprint density at radius 1 is 1.50 bits per heavy atom. The van der Waals surface area contributed by atoms with Crippen molar-refractivity contribution in [3.63, 3.8) is 0 Å². The van der Waals surface area contributed by atoms with Crippen LogP contribution in [0.15, 0.2) is 18.2 Å². The molecule has 0 heterocycles. The minimum atomic E-state index is -1.19. The van der Waals surface area contributed by atoms with Gasteiger partial charge in [-0.25, -0.2) is 9.18 Å². The third-order valence-electron chi connectivity index (χ3n) is 1.46. The molecule has 0 aliphatic carbocycles. The Balaban J connectivity index is 3.14. The van der Waals surface area contributed by atoms with Gasteiger partial charge in [0, 0.05) is 16.7 Å². The van der Waals surface area contributed by atoms with Crippen LogP contribution >= 0.6 is 11.6 Å². The molecule has 0 saturated heterocycles. The topological polar surface area (TPSA) is 57.5 Å². The largest absolute Gasteiger partial charge is 0.504 e. The van der Waals surface area contributed by atoms with E-state index in [4.69, 9.17) is 21.8 Å². The second-order valence-electron chi connectivity index (χ2n) is 2.50. The van der Waals surface area contributed by atoms with Gasteiger partial charge in [-0.2, -0.15) is 0 Å². The molecule has 0 saturated carbocycles. The number of rotatable bonds is 2. The fraction of sp³-hybridized carbons (Fsp3) is 0. The van der Waals surface area contributed by atoms with Crippen LogP contribution in [0.5, 0.6) is 5.75 Å². The fourth-order valence-electron chi connectivity index (χ4n) is 0.874. The van der Waals surface area contributed by atoms with Crippen LogP contribution in [0.25, 0.3) is 6.08 Å². The van der Waals surface area contributed by atoms with Crippen molar-refractivity contribution in [1.29, 1.82) is 0 Å². The van der Waals surface area contributed by atoms with Crippen LogP contribution in [0, 0.1) is 5.82 Å². The highest BCUT2D eigenvalue weighted by Crippen LogP contribution is 2.26. The van der Waals surface area contributed by atoms with E-state index >= 15 is 0 Å². The summed E-state index contributed by atoms with van der Waals surface area (Å²) < 4.78 is 12.8. The summed E-state index contributed by atoms with van der Waals surface area (Å²) in [4.78, 5) is 10.2. The summed E-state index contributed by atoms with van der Waals surface area (Å²) in [6.07, 6.45) is 1.84. The number of aliphatic carboxylic acids is 1. The molecule has 0 spiro atoms. The molecule has 14 heavy (non-hydrogen) atoms. The van der Waals surface area contributed by atoms with Crippen LogP contribution in [0.2, 0.25) is 5.02 Å². The molecule has 0 aromatic heterocycles. The van der Waals surface area contributed by atoms with Crippen molar-refractivity contribution in [1.82, 2.24) is 0 Å². The van der Waals surface area contributed by atoms with E-state index in [1.807, 2.05) is 0 Å². The van der Waals surface area contributed by atoms with E-state index in [9.17, 15) is 9.18 Å². The second-order valence-corrected chi connectivity index (χ2v) is 2.93. The second kappa shape index (κ2) is 4.11. The van der Waals surface area contributed by atoms with Crippen molar-refractivity contribution in [3.8, 4) is 5.75 Å². The highest BCUT2D eigenvalue weighted by molar-refractivity contribution is 6.30. The molecule has 0 unspecified atom stereocenters. The van der Waals surface area contributed by atoms with Crippen molar-refractivity contribution < 1.29 is 19.4 Å². The first-order chi connectivity index (χ1) is 6.50. The summed E-state index contributed by atoms with van der Waals surface area (Å²) in [5.74, 6) is -2.70. The number of aromatic hydroxyl groups is 1. The number of phenols is 1. The molecule has 5 heteroatoms. The summed E-state index contributed by atoms with van der Waals surface area (Å²) in [5.41, 5.74) is 0.0254. The maximum Gasteiger partial charge on any atom is 0.328 e. The Hall–Kier alpha value is -1.55. The van der Waals surface area contributed by atoms with Crippen molar-refractivity contribution in [3.05, 3.63) is 34.6 Å². The van der Waals surface area contributed by atoms with Gasteiger partial charge in [0.25, 0.3) is 0 Å². The Morgan fingerprint density at radius 3 is 2.71 bits per heavy atom. The zero-order chi connectivity index (χ0) is 10.7. The number of carboxylic acid groups (broad SMARTS) is 1. The minimum absolute atomic E-state index is 0.0254. The van der Waals surface area contributed by atoms with E-state index in [0.29, 0.717) is 0 Å². The molecule has 0 fully saturated rings. The average Bonchev–Trinajstić information content (AvgIpc) is 2.08. The first-order valence-corrected chi connectivity index (χ1v) is 3.97. The molecule has 0 aliphatic rings. The summed E-state index contributed by atoms with van der Waals surface area (Å²) in [7, 11) is 0. The van der Waals surface area contributed by atoms with Crippen molar-refractivity contribution in [2.45, 2.75) is 0 Å². The van der Waals surface area contributed by atoms with Crippen molar-refractivity contribution in [2.75, 3.05) is 0 Å². The number of halogens is 2. The molecular weight excluding hydrogens is 211 g/mol. The van der Waals surface area contributed by atoms with E-state index in [1.54, 1.807) is 0 Å². The Bertz CT molecular complexity index is 401. The van der Waals surface area contributed by atoms with Crippen LogP contribution < -0.4 is 0 Å². The van der Waals surface area contributed by atoms with Gasteiger partial charge in [-0.15, -0.1) is 0 Å². The SMILES string of the molecule is O=C(O)C=Cc1cc(Cl)cc(F)c1O. The number of phenolic OH excluding ortho intramolecular Hbond substituents is 1. The van der Waals surface area contributed by atoms with E-state index in [0.717, 1.165) is 18.2 Å². The summed E-state index contributed by atoms with van der Waals surface area (Å²) >= 11 is 5.50. The Labute approximate surface area is 84.1 Å². The predicted octanol–water partition coefficient (Wildman–Crippen LogP) is 2.28. The number of carboxylic acids is 1. The number of benzene rings is 1. The van der Waals surface area contributed by atoms with E-state index in [1.165, 1.54) is 6.07 Å². The van der Waals surface area contributed by atoms with Gasteiger partial charge < -0.3 is 10.2 Å². The minimum Gasteiger partial charge on any atom is -0.504 e. The zero-order valence-corrected chi connectivity index (χ0v) is 7.62. The lowest BCUT2D eigenvalue weighted by atomic mass is 10.2. The van der Waals surface area contributed by atoms with Crippen LogP contribution in [0.1, 0.15) is 5.56 Å². The molecule has 0 atom stereocenters.